The summed E-state index contributed by atoms with van der Waals surface area (Å²) in [5.74, 6) is -0.159. The Hall–Kier alpha value is -1.36. The van der Waals surface area contributed by atoms with E-state index in [-0.39, 0.29) is 11.9 Å². The van der Waals surface area contributed by atoms with Gasteiger partial charge in [-0.15, -0.1) is 0 Å². The van der Waals surface area contributed by atoms with Gasteiger partial charge in [-0.3, -0.25) is 9.89 Å². The van der Waals surface area contributed by atoms with Crippen LogP contribution in [0.1, 0.15) is 23.0 Å². The van der Waals surface area contributed by atoms with Crippen LogP contribution in [0.3, 0.4) is 0 Å². The largest absolute Gasteiger partial charge is 0.347 e. The second kappa shape index (κ2) is 4.04. The second-order valence-corrected chi connectivity index (χ2v) is 3.04. The maximum absolute atomic E-state index is 11.5. The number of aryl methyl sites for hydroxylation is 1. The van der Waals surface area contributed by atoms with Crippen LogP contribution in [0.5, 0.6) is 0 Å². The molecule has 4 N–H and O–H groups in total. The zero-order chi connectivity index (χ0) is 9.84. The number of nitrogens with zero attached hydrogens (tertiary/aromatic N) is 1. The zero-order valence-corrected chi connectivity index (χ0v) is 7.79. The number of aromatic amines is 1. The number of nitrogens with one attached hydrogen (secondary N) is 2. The Bertz CT molecular complexity index is 294. The van der Waals surface area contributed by atoms with Crippen molar-refractivity contribution in [1.82, 2.24) is 15.5 Å². The molecule has 0 aliphatic heterocycles. The molecule has 0 aliphatic rings. The Kier molecular flexibility index (Phi) is 3.02. The monoisotopic (exact) mass is 182 g/mol. The average Bonchev–Trinajstić information content (AvgIpc) is 2.51. The number of amides is 1. The van der Waals surface area contributed by atoms with Gasteiger partial charge in [0.05, 0.1) is 6.20 Å². The highest BCUT2D eigenvalue weighted by Crippen LogP contribution is 2.01. The van der Waals surface area contributed by atoms with Crippen LogP contribution >= 0.6 is 0 Å². The molecule has 0 fully saturated rings. The van der Waals surface area contributed by atoms with Crippen LogP contribution in [0.4, 0.5) is 0 Å². The lowest BCUT2D eigenvalue weighted by Crippen LogP contribution is -2.38. The van der Waals surface area contributed by atoms with E-state index in [4.69, 9.17) is 5.73 Å². The minimum atomic E-state index is -0.159. The summed E-state index contributed by atoms with van der Waals surface area (Å²) < 4.78 is 0. The summed E-state index contributed by atoms with van der Waals surface area (Å²) in [4.78, 5) is 11.5. The molecule has 0 saturated heterocycles. The van der Waals surface area contributed by atoms with Gasteiger partial charge in [0, 0.05) is 12.6 Å². The first-order chi connectivity index (χ1) is 6.15. The van der Waals surface area contributed by atoms with E-state index in [0.717, 1.165) is 5.56 Å². The predicted molar refractivity (Wildman–Crippen MR) is 49.3 cm³/mol. The molecular weight excluding hydrogens is 168 g/mol. The van der Waals surface area contributed by atoms with Crippen LogP contribution in [0.2, 0.25) is 0 Å². The van der Waals surface area contributed by atoms with E-state index < -0.39 is 0 Å². The first-order valence-corrected chi connectivity index (χ1v) is 4.16. The van der Waals surface area contributed by atoms with Crippen molar-refractivity contribution in [1.29, 1.82) is 0 Å². The van der Waals surface area contributed by atoms with Gasteiger partial charge in [-0.05, 0) is 19.4 Å². The van der Waals surface area contributed by atoms with E-state index in [2.05, 4.69) is 15.5 Å². The summed E-state index contributed by atoms with van der Waals surface area (Å²) in [5.41, 5.74) is 6.71. The quantitative estimate of drug-likeness (QED) is 0.605. The Morgan fingerprint density at radius 2 is 2.54 bits per heavy atom. The Morgan fingerprint density at radius 3 is 3.00 bits per heavy atom. The van der Waals surface area contributed by atoms with Crippen LogP contribution in [-0.4, -0.2) is 28.7 Å². The molecule has 1 amide bonds. The Morgan fingerprint density at radius 1 is 1.85 bits per heavy atom. The maximum atomic E-state index is 11.5. The third-order valence-electron chi connectivity index (χ3n) is 1.79. The third kappa shape index (κ3) is 2.29. The molecule has 1 atom stereocenters. The molecule has 0 radical (unpaired) electrons. The molecule has 0 aliphatic carbocycles. The van der Waals surface area contributed by atoms with Gasteiger partial charge >= 0.3 is 0 Å². The minimum absolute atomic E-state index is 0.0183. The number of hydrogen-bond acceptors (Lipinski definition) is 3. The van der Waals surface area contributed by atoms with Crippen molar-refractivity contribution < 1.29 is 4.79 Å². The van der Waals surface area contributed by atoms with E-state index in [1.54, 1.807) is 6.20 Å². The van der Waals surface area contributed by atoms with Crippen LogP contribution in [0, 0.1) is 6.92 Å². The van der Waals surface area contributed by atoms with Crippen molar-refractivity contribution in [2.45, 2.75) is 19.9 Å². The molecule has 72 valence electrons. The number of hydrogen-bond donors (Lipinski definition) is 3. The highest BCUT2D eigenvalue weighted by molar-refractivity contribution is 5.93. The normalized spacial score (nSPS) is 12.5. The van der Waals surface area contributed by atoms with Crippen molar-refractivity contribution in [3.05, 3.63) is 17.5 Å². The number of carbonyl (C=O) groups excluding carboxylic acids is 1. The number of H-pyrrole nitrogens is 1. The lowest BCUT2D eigenvalue weighted by Gasteiger charge is -2.10. The van der Waals surface area contributed by atoms with Gasteiger partial charge in [0.15, 0.2) is 0 Å². The second-order valence-electron chi connectivity index (χ2n) is 3.04. The summed E-state index contributed by atoms with van der Waals surface area (Å²) in [6.45, 7) is 4.11. The van der Waals surface area contributed by atoms with E-state index in [1.165, 1.54) is 0 Å². The predicted octanol–water partition coefficient (Wildman–Crippen LogP) is -0.205. The van der Waals surface area contributed by atoms with Crippen molar-refractivity contribution in [2.75, 3.05) is 6.54 Å². The molecule has 1 heterocycles. The molecule has 0 spiro atoms. The van der Waals surface area contributed by atoms with Crippen molar-refractivity contribution >= 4 is 5.91 Å². The molecule has 0 saturated carbocycles. The van der Waals surface area contributed by atoms with Gasteiger partial charge < -0.3 is 11.1 Å². The SMILES string of the molecule is Cc1cn[nH]c1C(=O)NC(C)CN. The van der Waals surface area contributed by atoms with Crippen LogP contribution < -0.4 is 11.1 Å². The summed E-state index contributed by atoms with van der Waals surface area (Å²) >= 11 is 0. The van der Waals surface area contributed by atoms with Crippen LogP contribution in [0.15, 0.2) is 6.20 Å². The first-order valence-electron chi connectivity index (χ1n) is 4.16. The average molecular weight is 182 g/mol. The lowest BCUT2D eigenvalue weighted by molar-refractivity contribution is 0.0935. The highest BCUT2D eigenvalue weighted by Gasteiger charge is 2.12. The fourth-order valence-electron chi connectivity index (χ4n) is 0.931. The molecule has 1 unspecified atom stereocenters. The Balaban J connectivity index is 2.64. The Labute approximate surface area is 76.7 Å². The molecule has 0 aromatic carbocycles. The molecule has 13 heavy (non-hydrogen) atoms. The first kappa shape index (κ1) is 9.73. The van der Waals surface area contributed by atoms with E-state index in [0.29, 0.717) is 12.2 Å². The van der Waals surface area contributed by atoms with Crippen molar-refractivity contribution in [2.24, 2.45) is 5.73 Å². The molecule has 1 aromatic heterocycles. The summed E-state index contributed by atoms with van der Waals surface area (Å²) in [6, 6.07) is -0.0183. The van der Waals surface area contributed by atoms with E-state index in [9.17, 15) is 4.79 Å². The summed E-state index contributed by atoms with van der Waals surface area (Å²) in [6.07, 6.45) is 1.61. The molecule has 1 aromatic rings. The van der Waals surface area contributed by atoms with Crippen molar-refractivity contribution in [3.8, 4) is 0 Å². The smallest absolute Gasteiger partial charge is 0.269 e. The van der Waals surface area contributed by atoms with E-state index >= 15 is 0 Å². The minimum Gasteiger partial charge on any atom is -0.347 e. The van der Waals surface area contributed by atoms with Gasteiger partial charge in [-0.1, -0.05) is 0 Å². The topological polar surface area (TPSA) is 83.8 Å². The summed E-state index contributed by atoms with van der Waals surface area (Å²) in [7, 11) is 0. The van der Waals surface area contributed by atoms with Gasteiger partial charge in [-0.25, -0.2) is 0 Å². The van der Waals surface area contributed by atoms with Crippen molar-refractivity contribution in [3.63, 3.8) is 0 Å². The third-order valence-corrected chi connectivity index (χ3v) is 1.79. The maximum Gasteiger partial charge on any atom is 0.269 e. The molecule has 5 nitrogen and oxygen atoms in total. The molecule has 5 heteroatoms. The zero-order valence-electron chi connectivity index (χ0n) is 7.79. The number of aromatic nitrogens is 2. The molecular formula is C8H14N4O. The number of carbonyl (C=O) groups is 1. The standard InChI is InChI=1S/C8H14N4O/c1-5-4-10-12-7(5)8(13)11-6(2)3-9/h4,6H,3,9H2,1-2H3,(H,10,12)(H,11,13). The number of nitrogens with two attached hydrogens (primary N) is 1. The van der Waals surface area contributed by atoms with Gasteiger partial charge in [0.2, 0.25) is 0 Å². The van der Waals surface area contributed by atoms with Gasteiger partial charge in [0.1, 0.15) is 5.69 Å². The van der Waals surface area contributed by atoms with Gasteiger partial charge in [-0.2, -0.15) is 5.10 Å². The molecule has 0 bridgehead atoms. The lowest BCUT2D eigenvalue weighted by atomic mass is 10.2. The van der Waals surface area contributed by atoms with E-state index in [1.807, 2.05) is 13.8 Å². The fourth-order valence-corrected chi connectivity index (χ4v) is 0.931. The highest BCUT2D eigenvalue weighted by atomic mass is 16.2. The fraction of sp³-hybridized carbons (Fsp3) is 0.500. The van der Waals surface area contributed by atoms with Crippen LogP contribution in [-0.2, 0) is 0 Å². The molecule has 1 rings (SSSR count). The van der Waals surface area contributed by atoms with Crippen LogP contribution in [0.25, 0.3) is 0 Å². The number of rotatable bonds is 3. The van der Waals surface area contributed by atoms with Gasteiger partial charge in [0.25, 0.3) is 5.91 Å². The summed E-state index contributed by atoms with van der Waals surface area (Å²) in [5, 5.41) is 9.13.